The highest BCUT2D eigenvalue weighted by Gasteiger charge is 2.39. The topological polar surface area (TPSA) is 88.1 Å². The maximum Gasteiger partial charge on any atom is 0.240 e. The van der Waals surface area contributed by atoms with E-state index in [1.807, 2.05) is 48.5 Å². The first-order chi connectivity index (χ1) is 24.3. The van der Waals surface area contributed by atoms with E-state index in [9.17, 15) is 13.5 Å². The van der Waals surface area contributed by atoms with Crippen LogP contribution in [0.3, 0.4) is 0 Å². The molecule has 0 saturated carbocycles. The van der Waals surface area contributed by atoms with Gasteiger partial charge < -0.3 is 14.6 Å². The number of hydrogen-bond acceptors (Lipinski definition) is 6. The zero-order valence-electron chi connectivity index (χ0n) is 28.3. The Bertz CT molecular complexity index is 2120. The molecule has 2 N–H and O–H groups in total. The molecule has 0 amide bonds. The third-order valence-corrected chi connectivity index (χ3v) is 11.1. The van der Waals surface area contributed by atoms with Gasteiger partial charge in [0.25, 0.3) is 0 Å². The fraction of sp³-hybridized carbons (Fsp3) is 0.238. The number of likely N-dealkylation sites (N-methyl/N-ethyl adjacent to an activating group) is 1. The predicted octanol–water partition coefficient (Wildman–Crippen LogP) is 7.89. The number of nitrogens with one attached hydrogen (secondary N) is 1. The number of nitrogens with zero attached hydrogens (tertiary/aromatic N) is 1. The molecule has 4 unspecified atom stereocenters. The molecular formula is C42H42N2O5S. The van der Waals surface area contributed by atoms with E-state index in [0.29, 0.717) is 6.54 Å². The van der Waals surface area contributed by atoms with Crippen LogP contribution >= 0.6 is 0 Å². The second-order valence-corrected chi connectivity index (χ2v) is 15.0. The average molecular weight is 687 g/mol. The summed E-state index contributed by atoms with van der Waals surface area (Å²) in [5.41, 5.74) is 4.86. The molecule has 6 aromatic carbocycles. The Morgan fingerprint density at radius 2 is 1.30 bits per heavy atom. The van der Waals surface area contributed by atoms with Crippen LogP contribution in [-0.2, 0) is 39.2 Å². The molecule has 6 aromatic rings. The van der Waals surface area contributed by atoms with Crippen LogP contribution in [0.5, 0.6) is 0 Å². The Kier molecular flexibility index (Phi) is 10.1. The monoisotopic (exact) mass is 686 g/mol. The van der Waals surface area contributed by atoms with Gasteiger partial charge in [0.2, 0.25) is 10.0 Å². The van der Waals surface area contributed by atoms with Crippen molar-refractivity contribution in [1.29, 1.82) is 0 Å². The highest BCUT2D eigenvalue weighted by Crippen LogP contribution is 2.42. The molecular weight excluding hydrogens is 645 g/mol. The smallest absolute Gasteiger partial charge is 0.240 e. The minimum Gasteiger partial charge on any atom is -0.392 e. The quantitative estimate of drug-likeness (QED) is 0.135. The molecule has 1 heterocycles. The summed E-state index contributed by atoms with van der Waals surface area (Å²) in [5.74, 6) is 0.0320. The van der Waals surface area contributed by atoms with Crippen molar-refractivity contribution < 1.29 is 23.0 Å². The molecule has 1 aliphatic rings. The van der Waals surface area contributed by atoms with Crippen molar-refractivity contribution in [2.75, 3.05) is 13.6 Å². The van der Waals surface area contributed by atoms with Gasteiger partial charge in [-0.25, -0.2) is 13.1 Å². The van der Waals surface area contributed by atoms with E-state index in [0.717, 1.165) is 28.8 Å². The Labute approximate surface area is 294 Å². The zero-order chi connectivity index (χ0) is 34.7. The van der Waals surface area contributed by atoms with Crippen LogP contribution in [0.2, 0.25) is 0 Å². The largest absolute Gasteiger partial charge is 0.392 e. The molecule has 50 heavy (non-hydrogen) atoms. The molecule has 1 aliphatic heterocycles. The summed E-state index contributed by atoms with van der Waals surface area (Å²) >= 11 is 0. The summed E-state index contributed by atoms with van der Waals surface area (Å²) < 4.78 is 41.7. The standard InChI is InChI=1S/C42H42N2O5S/c1-29-40(27-44(2)26-39-37-14-8-6-10-34(37)24-35-11-7-9-15-38(35)39)48-42(49-41(29)32-20-18-31(28-45)19-21-32)33-22-16-30(17-23-33)25-43-50(46,47)36-12-4-3-5-13-36/h3-24,29,40-43,45H,25-28H2,1-2H3. The van der Waals surface area contributed by atoms with Crippen molar-refractivity contribution in [2.24, 2.45) is 5.92 Å². The number of benzene rings is 6. The minimum absolute atomic E-state index is 0.0166. The number of sulfonamides is 1. The molecule has 0 radical (unpaired) electrons. The molecule has 7 nitrogen and oxygen atoms in total. The van der Waals surface area contributed by atoms with Gasteiger partial charge in [0, 0.05) is 31.1 Å². The fourth-order valence-electron chi connectivity index (χ4n) is 6.90. The third kappa shape index (κ3) is 7.37. The van der Waals surface area contributed by atoms with E-state index in [1.165, 1.54) is 27.1 Å². The van der Waals surface area contributed by atoms with E-state index in [-0.39, 0.29) is 36.2 Å². The summed E-state index contributed by atoms with van der Waals surface area (Å²) in [6.07, 6.45) is -1.02. The van der Waals surface area contributed by atoms with Gasteiger partial charge in [0.15, 0.2) is 6.29 Å². The predicted molar refractivity (Wildman–Crippen MR) is 198 cm³/mol. The van der Waals surface area contributed by atoms with Crippen molar-refractivity contribution >= 4 is 31.6 Å². The number of hydrogen-bond donors (Lipinski definition) is 2. The van der Waals surface area contributed by atoms with Crippen LogP contribution in [-0.4, -0.2) is 38.1 Å². The van der Waals surface area contributed by atoms with Crippen LogP contribution in [0.4, 0.5) is 0 Å². The summed E-state index contributed by atoms with van der Waals surface area (Å²) in [4.78, 5) is 2.57. The molecule has 0 aromatic heterocycles. The lowest BCUT2D eigenvalue weighted by Crippen LogP contribution is -2.43. The van der Waals surface area contributed by atoms with Crippen LogP contribution < -0.4 is 4.72 Å². The van der Waals surface area contributed by atoms with Gasteiger partial charge in [-0.1, -0.05) is 122 Å². The van der Waals surface area contributed by atoms with Gasteiger partial charge in [0.1, 0.15) is 0 Å². The average Bonchev–Trinajstić information content (AvgIpc) is 3.15. The first-order valence-corrected chi connectivity index (χ1v) is 18.5. The van der Waals surface area contributed by atoms with Crippen molar-refractivity contribution in [2.45, 2.75) is 50.0 Å². The van der Waals surface area contributed by atoms with Gasteiger partial charge in [-0.15, -0.1) is 0 Å². The lowest BCUT2D eigenvalue weighted by molar-refractivity contribution is -0.276. The zero-order valence-corrected chi connectivity index (χ0v) is 29.1. The molecule has 0 spiro atoms. The number of aliphatic hydroxyl groups excluding tert-OH is 1. The van der Waals surface area contributed by atoms with Gasteiger partial charge in [-0.2, -0.15) is 0 Å². The Morgan fingerprint density at radius 3 is 1.94 bits per heavy atom. The summed E-state index contributed by atoms with van der Waals surface area (Å²) in [7, 11) is -1.48. The van der Waals surface area contributed by atoms with E-state index < -0.39 is 16.3 Å². The summed E-state index contributed by atoms with van der Waals surface area (Å²) in [5, 5.41) is 14.6. The molecule has 8 heteroatoms. The maximum atomic E-state index is 12.8. The van der Waals surface area contributed by atoms with E-state index in [2.05, 4.69) is 78.2 Å². The molecule has 7 rings (SSSR count). The molecule has 0 bridgehead atoms. The van der Waals surface area contributed by atoms with E-state index >= 15 is 0 Å². The summed E-state index contributed by atoms with van der Waals surface area (Å²) in [6.45, 7) is 3.76. The molecule has 1 saturated heterocycles. The van der Waals surface area contributed by atoms with Gasteiger partial charge in [-0.05, 0) is 69.0 Å². The number of ether oxygens (including phenoxy) is 2. The Balaban J connectivity index is 1.12. The fourth-order valence-corrected chi connectivity index (χ4v) is 7.94. The first kappa shape index (κ1) is 34.1. The number of aliphatic hydroxyl groups is 1. The summed E-state index contributed by atoms with van der Waals surface area (Å²) in [6, 6.07) is 43.4. The van der Waals surface area contributed by atoms with E-state index in [1.54, 1.807) is 30.3 Å². The molecule has 0 aliphatic carbocycles. The van der Waals surface area contributed by atoms with Crippen LogP contribution in [0.15, 0.2) is 138 Å². The molecule has 4 atom stereocenters. The molecule has 1 fully saturated rings. The number of fused-ring (bicyclic) bond motifs is 2. The van der Waals surface area contributed by atoms with Gasteiger partial charge in [-0.3, -0.25) is 4.90 Å². The second-order valence-electron chi connectivity index (χ2n) is 13.2. The van der Waals surface area contributed by atoms with Crippen molar-refractivity contribution in [3.8, 4) is 0 Å². The third-order valence-electron chi connectivity index (χ3n) is 9.70. The number of rotatable bonds is 11. The molecule has 256 valence electrons. The Hall–Kier alpha value is -4.41. The van der Waals surface area contributed by atoms with Crippen LogP contribution in [0.25, 0.3) is 21.5 Å². The van der Waals surface area contributed by atoms with E-state index in [4.69, 9.17) is 9.47 Å². The van der Waals surface area contributed by atoms with Crippen LogP contribution in [0, 0.1) is 5.92 Å². The van der Waals surface area contributed by atoms with Gasteiger partial charge in [0.05, 0.1) is 23.7 Å². The lowest BCUT2D eigenvalue weighted by atomic mass is 9.89. The lowest BCUT2D eigenvalue weighted by Gasteiger charge is -2.42. The Morgan fingerprint density at radius 1 is 0.720 bits per heavy atom. The van der Waals surface area contributed by atoms with Crippen molar-refractivity contribution in [3.63, 3.8) is 0 Å². The SMILES string of the molecule is CC1C(CN(C)Cc2c3ccccc3cc3ccccc23)OC(c2ccc(CNS(=O)(=O)c3ccccc3)cc2)OC1c1ccc(CO)cc1. The van der Waals surface area contributed by atoms with Crippen molar-refractivity contribution in [1.82, 2.24) is 9.62 Å². The second kappa shape index (κ2) is 14.8. The maximum absolute atomic E-state index is 12.8. The minimum atomic E-state index is -3.62. The first-order valence-electron chi connectivity index (χ1n) is 17.0. The van der Waals surface area contributed by atoms with Crippen molar-refractivity contribution in [3.05, 3.63) is 161 Å². The highest BCUT2D eigenvalue weighted by atomic mass is 32.2. The van der Waals surface area contributed by atoms with Gasteiger partial charge >= 0.3 is 0 Å². The van der Waals surface area contributed by atoms with Crippen LogP contribution in [0.1, 0.15) is 47.1 Å². The highest BCUT2D eigenvalue weighted by molar-refractivity contribution is 7.89. The normalized spacial score (nSPS) is 19.7.